The highest BCUT2D eigenvalue weighted by atomic mass is 32.1. The molecule has 0 fully saturated rings. The van der Waals surface area contributed by atoms with Crippen LogP contribution in [0.1, 0.15) is 36.4 Å². The Morgan fingerprint density at radius 2 is 2.32 bits per heavy atom. The summed E-state index contributed by atoms with van der Waals surface area (Å²) in [7, 11) is 2.04. The molecule has 104 valence electrons. The van der Waals surface area contributed by atoms with Gasteiger partial charge in [-0.1, -0.05) is 5.16 Å². The van der Waals surface area contributed by atoms with E-state index in [1.54, 1.807) is 17.5 Å². The molecule has 0 saturated heterocycles. The van der Waals surface area contributed by atoms with Gasteiger partial charge in [-0.2, -0.15) is 0 Å². The number of nitrogens with zero attached hydrogens (tertiary/aromatic N) is 3. The monoisotopic (exact) mass is 281 g/mol. The topological polar surface area (TPSA) is 51.4 Å². The summed E-state index contributed by atoms with van der Waals surface area (Å²) in [5, 5.41) is 6.82. The third kappa shape index (κ3) is 4.12. The quantitative estimate of drug-likeness (QED) is 0.781. The highest BCUT2D eigenvalue weighted by molar-refractivity contribution is 7.09. The second kappa shape index (κ2) is 6.79. The molecule has 0 aliphatic carbocycles. The van der Waals surface area contributed by atoms with Crippen molar-refractivity contribution in [3.8, 4) is 0 Å². The maximum absolute atomic E-state index is 5.54. The van der Waals surface area contributed by atoms with Crippen LogP contribution in [0, 0.1) is 0 Å². The minimum atomic E-state index is 0.0725. The molecule has 1 atom stereocenters. The van der Waals surface area contributed by atoms with Crippen LogP contribution in [0.15, 0.2) is 22.2 Å². The van der Waals surface area contributed by atoms with Gasteiger partial charge in [0.15, 0.2) is 5.76 Å². The van der Waals surface area contributed by atoms with Crippen molar-refractivity contribution < 1.29 is 9.26 Å². The fraction of sp³-hybridized carbons (Fsp3) is 0.538. The van der Waals surface area contributed by atoms with Gasteiger partial charge < -0.3 is 9.26 Å². The summed E-state index contributed by atoms with van der Waals surface area (Å²) in [4.78, 5) is 6.75. The van der Waals surface area contributed by atoms with Gasteiger partial charge in [0.05, 0.1) is 18.4 Å². The normalized spacial score (nSPS) is 13.1. The summed E-state index contributed by atoms with van der Waals surface area (Å²) in [5.41, 5.74) is 1.06. The molecular weight excluding hydrogens is 262 g/mol. The molecule has 0 N–H and O–H groups in total. The van der Waals surface area contributed by atoms with Crippen molar-refractivity contribution in [2.24, 2.45) is 0 Å². The van der Waals surface area contributed by atoms with Gasteiger partial charge in [0.2, 0.25) is 0 Å². The smallest absolute Gasteiger partial charge is 0.150 e. The van der Waals surface area contributed by atoms with Gasteiger partial charge >= 0.3 is 0 Å². The Bertz CT molecular complexity index is 484. The number of hydrogen-bond acceptors (Lipinski definition) is 6. The predicted molar refractivity (Wildman–Crippen MR) is 73.8 cm³/mol. The molecule has 2 aromatic heterocycles. The molecule has 0 saturated carbocycles. The minimum Gasteiger partial charge on any atom is -0.372 e. The largest absolute Gasteiger partial charge is 0.372 e. The molecule has 2 heterocycles. The average molecular weight is 281 g/mol. The minimum absolute atomic E-state index is 0.0725. The van der Waals surface area contributed by atoms with Crippen molar-refractivity contribution >= 4 is 11.3 Å². The third-order valence-electron chi connectivity index (χ3n) is 2.68. The Morgan fingerprint density at radius 1 is 1.47 bits per heavy atom. The first kappa shape index (κ1) is 14.2. The number of aromatic nitrogens is 2. The van der Waals surface area contributed by atoms with Crippen LogP contribution in [0.4, 0.5) is 0 Å². The van der Waals surface area contributed by atoms with E-state index < -0.39 is 0 Å². The van der Waals surface area contributed by atoms with Crippen LogP contribution in [0.5, 0.6) is 0 Å². The van der Waals surface area contributed by atoms with E-state index in [2.05, 4.69) is 20.4 Å². The van der Waals surface area contributed by atoms with Gasteiger partial charge in [-0.05, 0) is 20.9 Å². The molecule has 0 bridgehead atoms. The highest BCUT2D eigenvalue weighted by Crippen LogP contribution is 2.21. The van der Waals surface area contributed by atoms with Crippen molar-refractivity contribution in [2.75, 3.05) is 13.7 Å². The van der Waals surface area contributed by atoms with Crippen molar-refractivity contribution in [3.63, 3.8) is 0 Å². The van der Waals surface area contributed by atoms with Crippen LogP contribution >= 0.6 is 11.3 Å². The molecule has 2 rings (SSSR count). The van der Waals surface area contributed by atoms with Gasteiger partial charge in [0, 0.05) is 24.6 Å². The Labute approximate surface area is 117 Å². The van der Waals surface area contributed by atoms with E-state index in [9.17, 15) is 0 Å². The maximum Gasteiger partial charge on any atom is 0.150 e. The fourth-order valence-electron chi connectivity index (χ4n) is 1.83. The zero-order chi connectivity index (χ0) is 13.7. The molecular formula is C13H19N3O2S. The molecule has 0 spiro atoms. The molecule has 0 amide bonds. The Hall–Kier alpha value is -1.24. The summed E-state index contributed by atoms with van der Waals surface area (Å²) < 4.78 is 10.6. The van der Waals surface area contributed by atoms with Gasteiger partial charge in [-0.15, -0.1) is 11.3 Å². The Balaban J connectivity index is 1.88. The van der Waals surface area contributed by atoms with Gasteiger partial charge in [-0.25, -0.2) is 4.98 Å². The van der Waals surface area contributed by atoms with Gasteiger partial charge in [0.1, 0.15) is 11.1 Å². The molecule has 0 aliphatic rings. The van der Waals surface area contributed by atoms with Gasteiger partial charge in [-0.3, -0.25) is 4.90 Å². The average Bonchev–Trinajstić information content (AvgIpc) is 3.00. The zero-order valence-corrected chi connectivity index (χ0v) is 12.3. The lowest BCUT2D eigenvalue weighted by atomic mass is 10.3. The fourth-order valence-corrected chi connectivity index (χ4v) is 2.64. The summed E-state index contributed by atoms with van der Waals surface area (Å²) in [5.74, 6) is 0.862. The summed E-state index contributed by atoms with van der Waals surface area (Å²) >= 11 is 1.65. The van der Waals surface area contributed by atoms with E-state index in [0.29, 0.717) is 6.61 Å². The van der Waals surface area contributed by atoms with E-state index in [1.807, 2.05) is 27.0 Å². The molecule has 6 heteroatoms. The van der Waals surface area contributed by atoms with Crippen molar-refractivity contribution in [3.05, 3.63) is 34.1 Å². The van der Waals surface area contributed by atoms with Crippen LogP contribution in [0.25, 0.3) is 0 Å². The van der Waals surface area contributed by atoms with Crippen LogP contribution < -0.4 is 0 Å². The zero-order valence-electron chi connectivity index (χ0n) is 11.5. The number of hydrogen-bond donors (Lipinski definition) is 0. The standard InChI is InChI=1S/C13H19N3O2S/c1-4-17-10(2)13-15-11(9-19-13)7-16(3)8-12-5-6-14-18-12/h5-6,9-10H,4,7-8H2,1-3H3/t10-/m1/s1. The van der Waals surface area contributed by atoms with Crippen LogP contribution in [-0.2, 0) is 17.8 Å². The second-order valence-corrected chi connectivity index (χ2v) is 5.32. The molecule has 2 aromatic rings. The summed E-state index contributed by atoms with van der Waals surface area (Å²) in [6, 6.07) is 1.88. The van der Waals surface area contributed by atoms with E-state index in [0.717, 1.165) is 29.6 Å². The Kier molecular flexibility index (Phi) is 5.07. The molecule has 0 aliphatic heterocycles. The second-order valence-electron chi connectivity index (χ2n) is 4.43. The van der Waals surface area contributed by atoms with Crippen molar-refractivity contribution in [1.29, 1.82) is 0 Å². The van der Waals surface area contributed by atoms with Crippen molar-refractivity contribution in [1.82, 2.24) is 15.0 Å². The summed E-state index contributed by atoms with van der Waals surface area (Å²) in [6.07, 6.45) is 1.73. The molecule has 5 nitrogen and oxygen atoms in total. The summed E-state index contributed by atoms with van der Waals surface area (Å²) in [6.45, 7) is 6.26. The van der Waals surface area contributed by atoms with Crippen LogP contribution in [0.3, 0.4) is 0 Å². The van der Waals surface area contributed by atoms with E-state index in [4.69, 9.17) is 9.26 Å². The van der Waals surface area contributed by atoms with E-state index in [-0.39, 0.29) is 6.10 Å². The molecule has 0 radical (unpaired) electrons. The van der Waals surface area contributed by atoms with Crippen molar-refractivity contribution in [2.45, 2.75) is 33.0 Å². The van der Waals surface area contributed by atoms with Crippen LogP contribution in [0.2, 0.25) is 0 Å². The molecule has 19 heavy (non-hydrogen) atoms. The maximum atomic E-state index is 5.54. The number of thiazole rings is 1. The first-order valence-electron chi connectivity index (χ1n) is 6.33. The number of ether oxygens (including phenoxy) is 1. The lowest BCUT2D eigenvalue weighted by Crippen LogP contribution is -2.17. The predicted octanol–water partition coefficient (Wildman–Crippen LogP) is 2.86. The molecule has 0 unspecified atom stereocenters. The first-order chi connectivity index (χ1) is 9.19. The molecule has 0 aromatic carbocycles. The van der Waals surface area contributed by atoms with E-state index >= 15 is 0 Å². The Morgan fingerprint density at radius 3 is 3.00 bits per heavy atom. The van der Waals surface area contributed by atoms with E-state index in [1.165, 1.54) is 0 Å². The van der Waals surface area contributed by atoms with Gasteiger partial charge in [0.25, 0.3) is 0 Å². The third-order valence-corrected chi connectivity index (χ3v) is 3.74. The highest BCUT2D eigenvalue weighted by Gasteiger charge is 2.12. The lowest BCUT2D eigenvalue weighted by Gasteiger charge is -2.12. The SMILES string of the molecule is CCO[C@H](C)c1nc(CN(C)Cc2ccno2)cs1. The van der Waals surface area contributed by atoms with Crippen LogP contribution in [-0.4, -0.2) is 28.7 Å². The lowest BCUT2D eigenvalue weighted by molar-refractivity contribution is 0.0760. The first-order valence-corrected chi connectivity index (χ1v) is 7.21. The number of rotatable bonds is 7.